The lowest BCUT2D eigenvalue weighted by Gasteiger charge is -2.30. The lowest BCUT2D eigenvalue weighted by Crippen LogP contribution is -2.47. The maximum atomic E-state index is 12.8. The Kier molecular flexibility index (Phi) is 6.40. The molecule has 0 aliphatic heterocycles. The number of carbonyl (C=O) groups is 1. The number of non-ortho nitro benzene ring substituents is 1. The molecule has 2 aromatic carbocycles. The fourth-order valence-electron chi connectivity index (χ4n) is 2.58. The fraction of sp³-hybridized carbons (Fsp3) is 0.235. The number of para-hydroxylation sites is 1. The summed E-state index contributed by atoms with van der Waals surface area (Å²) in [7, 11) is -3.90. The van der Waals surface area contributed by atoms with Gasteiger partial charge in [-0.05, 0) is 24.6 Å². The van der Waals surface area contributed by atoms with Crippen LogP contribution in [0.25, 0.3) is 0 Å². The maximum Gasteiger partial charge on any atom is 0.271 e. The predicted molar refractivity (Wildman–Crippen MR) is 105 cm³/mol. The van der Waals surface area contributed by atoms with Gasteiger partial charge in [-0.1, -0.05) is 36.7 Å². The first-order chi connectivity index (χ1) is 12.6. The Bertz CT molecular complexity index is 965. The largest absolute Gasteiger partial charge is 0.323 e. The van der Waals surface area contributed by atoms with Gasteiger partial charge in [-0.2, -0.15) is 0 Å². The monoisotopic (exact) mass is 411 g/mol. The fourth-order valence-corrected chi connectivity index (χ4v) is 3.97. The first kappa shape index (κ1) is 20.7. The highest BCUT2D eigenvalue weighted by molar-refractivity contribution is 7.92. The summed E-state index contributed by atoms with van der Waals surface area (Å²) in [4.78, 5) is 23.2. The van der Waals surface area contributed by atoms with Crippen LogP contribution in [0.2, 0.25) is 5.02 Å². The van der Waals surface area contributed by atoms with E-state index in [4.69, 9.17) is 11.6 Å². The highest BCUT2D eigenvalue weighted by Gasteiger charge is 2.32. The van der Waals surface area contributed by atoms with E-state index in [1.165, 1.54) is 18.2 Å². The number of nitro groups is 1. The van der Waals surface area contributed by atoms with Crippen molar-refractivity contribution < 1.29 is 18.1 Å². The van der Waals surface area contributed by atoms with Crippen LogP contribution in [0.3, 0.4) is 0 Å². The minimum Gasteiger partial charge on any atom is -0.323 e. The number of halogens is 1. The van der Waals surface area contributed by atoms with Crippen molar-refractivity contribution >= 4 is 44.6 Å². The van der Waals surface area contributed by atoms with Crippen LogP contribution in [-0.2, 0) is 14.8 Å². The number of rotatable bonds is 7. The molecule has 0 aliphatic rings. The molecule has 0 radical (unpaired) electrons. The number of nitrogens with one attached hydrogen (secondary N) is 1. The Labute approximate surface area is 162 Å². The molecule has 8 nitrogen and oxygen atoms in total. The van der Waals surface area contributed by atoms with Crippen LogP contribution in [0, 0.1) is 10.1 Å². The predicted octanol–water partition coefficient (Wildman–Crippen LogP) is 3.43. The molecule has 2 rings (SSSR count). The van der Waals surface area contributed by atoms with Gasteiger partial charge in [-0.3, -0.25) is 19.2 Å². The number of sulfonamides is 1. The third-order valence-corrected chi connectivity index (χ3v) is 5.27. The van der Waals surface area contributed by atoms with Crippen LogP contribution in [-0.4, -0.2) is 31.5 Å². The molecule has 2 aromatic rings. The number of carbonyl (C=O) groups excluding carboxylic acids is 1. The number of nitrogens with zero attached hydrogens (tertiary/aromatic N) is 2. The minimum absolute atomic E-state index is 0.0351. The number of hydrogen-bond donors (Lipinski definition) is 1. The van der Waals surface area contributed by atoms with Crippen molar-refractivity contribution in [3.8, 4) is 0 Å². The van der Waals surface area contributed by atoms with Gasteiger partial charge in [0.05, 0.1) is 27.6 Å². The Morgan fingerprint density at radius 2 is 1.93 bits per heavy atom. The highest BCUT2D eigenvalue weighted by atomic mass is 35.5. The van der Waals surface area contributed by atoms with Gasteiger partial charge in [-0.15, -0.1) is 0 Å². The van der Waals surface area contributed by atoms with E-state index in [1.54, 1.807) is 31.2 Å². The zero-order valence-electron chi connectivity index (χ0n) is 14.6. The van der Waals surface area contributed by atoms with Crippen LogP contribution >= 0.6 is 11.6 Å². The average molecular weight is 412 g/mol. The molecule has 1 N–H and O–H groups in total. The van der Waals surface area contributed by atoms with E-state index in [9.17, 15) is 23.3 Å². The van der Waals surface area contributed by atoms with Gasteiger partial charge in [0.15, 0.2) is 0 Å². The van der Waals surface area contributed by atoms with Crippen molar-refractivity contribution in [2.75, 3.05) is 15.9 Å². The van der Waals surface area contributed by atoms with Gasteiger partial charge in [0.1, 0.15) is 6.04 Å². The van der Waals surface area contributed by atoms with Crippen molar-refractivity contribution in [3.05, 3.63) is 63.7 Å². The quantitative estimate of drug-likeness (QED) is 0.554. The lowest BCUT2D eigenvalue weighted by molar-refractivity contribution is -0.384. The van der Waals surface area contributed by atoms with Crippen LogP contribution in [0.1, 0.15) is 13.3 Å². The summed E-state index contributed by atoms with van der Waals surface area (Å²) in [5.41, 5.74) is 0.102. The summed E-state index contributed by atoms with van der Waals surface area (Å²) < 4.78 is 25.7. The van der Waals surface area contributed by atoms with E-state index in [0.717, 1.165) is 16.6 Å². The molecule has 0 saturated carbocycles. The topological polar surface area (TPSA) is 110 Å². The van der Waals surface area contributed by atoms with Gasteiger partial charge in [0, 0.05) is 12.1 Å². The molecule has 1 unspecified atom stereocenters. The molecule has 144 valence electrons. The van der Waals surface area contributed by atoms with Crippen molar-refractivity contribution in [2.24, 2.45) is 0 Å². The summed E-state index contributed by atoms with van der Waals surface area (Å²) in [5.74, 6) is -0.595. The van der Waals surface area contributed by atoms with Gasteiger partial charge in [0.25, 0.3) is 5.69 Å². The van der Waals surface area contributed by atoms with E-state index in [0.29, 0.717) is 10.7 Å². The second kappa shape index (κ2) is 8.36. The molecule has 0 spiro atoms. The molecule has 0 heterocycles. The Hall–Kier alpha value is -2.65. The number of amides is 1. The SMILES string of the molecule is CCC(C(=O)Nc1ccccc1Cl)N(c1cccc([N+](=O)[O-])c1)S(C)(=O)=O. The molecule has 1 atom stereocenters. The Morgan fingerprint density at radius 1 is 1.26 bits per heavy atom. The molecule has 0 aromatic heterocycles. The first-order valence-electron chi connectivity index (χ1n) is 7.94. The third kappa shape index (κ3) is 4.95. The molecular weight excluding hydrogens is 394 g/mol. The maximum absolute atomic E-state index is 12.8. The lowest BCUT2D eigenvalue weighted by atomic mass is 10.1. The van der Waals surface area contributed by atoms with Crippen LogP contribution < -0.4 is 9.62 Å². The molecule has 0 bridgehead atoms. The van der Waals surface area contributed by atoms with E-state index in [-0.39, 0.29) is 17.8 Å². The number of anilines is 2. The third-order valence-electron chi connectivity index (χ3n) is 3.76. The molecule has 0 saturated heterocycles. The van der Waals surface area contributed by atoms with Crippen LogP contribution in [0.5, 0.6) is 0 Å². The molecule has 0 fully saturated rings. The van der Waals surface area contributed by atoms with Gasteiger partial charge < -0.3 is 5.32 Å². The van der Waals surface area contributed by atoms with Crippen LogP contribution in [0.4, 0.5) is 17.1 Å². The van der Waals surface area contributed by atoms with Crippen molar-refractivity contribution in [1.29, 1.82) is 0 Å². The van der Waals surface area contributed by atoms with Gasteiger partial charge in [0.2, 0.25) is 15.9 Å². The smallest absolute Gasteiger partial charge is 0.271 e. The van der Waals surface area contributed by atoms with Crippen molar-refractivity contribution in [1.82, 2.24) is 0 Å². The van der Waals surface area contributed by atoms with Gasteiger partial charge in [-0.25, -0.2) is 8.42 Å². The molecular formula is C17H18ClN3O5S. The summed E-state index contributed by atoms with van der Waals surface area (Å²) in [6, 6.07) is 10.6. The standard InChI is InChI=1S/C17H18ClN3O5S/c1-3-16(17(22)19-15-10-5-4-9-14(15)18)20(27(2,25)26)12-7-6-8-13(11-12)21(23)24/h4-11,16H,3H2,1-2H3,(H,19,22). The Balaban J connectivity index is 2.45. The molecule has 0 aliphatic carbocycles. The molecule has 10 heteroatoms. The Morgan fingerprint density at radius 3 is 2.48 bits per heavy atom. The van der Waals surface area contributed by atoms with Crippen LogP contribution in [0.15, 0.2) is 48.5 Å². The van der Waals surface area contributed by atoms with E-state index >= 15 is 0 Å². The summed E-state index contributed by atoms with van der Waals surface area (Å²) in [6.45, 7) is 1.65. The molecule has 1 amide bonds. The second-order valence-electron chi connectivity index (χ2n) is 5.73. The number of benzene rings is 2. The zero-order chi connectivity index (χ0) is 20.2. The normalized spacial score (nSPS) is 12.3. The van der Waals surface area contributed by atoms with E-state index in [1.807, 2.05) is 0 Å². The summed E-state index contributed by atoms with van der Waals surface area (Å²) >= 11 is 6.04. The summed E-state index contributed by atoms with van der Waals surface area (Å²) in [6.07, 6.45) is 1.09. The summed E-state index contributed by atoms with van der Waals surface area (Å²) in [5, 5.41) is 13.9. The molecule has 27 heavy (non-hydrogen) atoms. The minimum atomic E-state index is -3.90. The van der Waals surface area contributed by atoms with Crippen molar-refractivity contribution in [3.63, 3.8) is 0 Å². The van der Waals surface area contributed by atoms with E-state index in [2.05, 4.69) is 5.32 Å². The number of nitro benzene ring substituents is 1. The second-order valence-corrected chi connectivity index (χ2v) is 8.00. The number of hydrogen-bond acceptors (Lipinski definition) is 5. The average Bonchev–Trinajstić information content (AvgIpc) is 2.60. The van der Waals surface area contributed by atoms with E-state index < -0.39 is 26.9 Å². The van der Waals surface area contributed by atoms with Crippen molar-refractivity contribution in [2.45, 2.75) is 19.4 Å². The zero-order valence-corrected chi connectivity index (χ0v) is 16.2. The highest BCUT2D eigenvalue weighted by Crippen LogP contribution is 2.28. The van der Waals surface area contributed by atoms with Gasteiger partial charge >= 0.3 is 0 Å². The first-order valence-corrected chi connectivity index (χ1v) is 10.2.